The van der Waals surface area contributed by atoms with E-state index in [1.807, 2.05) is 0 Å². The summed E-state index contributed by atoms with van der Waals surface area (Å²) in [7, 11) is 0. The van der Waals surface area contributed by atoms with Gasteiger partial charge in [-0.25, -0.2) is 0 Å². The molecule has 5 fully saturated rings. The Bertz CT molecular complexity index is 740. The Morgan fingerprint density at radius 2 is 1.72 bits per heavy atom. The summed E-state index contributed by atoms with van der Waals surface area (Å²) >= 11 is 0. The molecule has 1 aromatic rings. The molecule has 5 saturated heterocycles. The Morgan fingerprint density at radius 1 is 0.931 bits per heavy atom. The molecule has 29 heavy (non-hydrogen) atoms. The summed E-state index contributed by atoms with van der Waals surface area (Å²) in [6.07, 6.45) is 6.79. The van der Waals surface area contributed by atoms with E-state index in [4.69, 9.17) is 9.47 Å². The predicted octanol–water partition coefficient (Wildman–Crippen LogP) is 3.15. The fraction of sp³-hybridized carbons (Fsp3) is 0.750. The van der Waals surface area contributed by atoms with Crippen LogP contribution in [0, 0.1) is 5.92 Å². The van der Waals surface area contributed by atoms with E-state index in [1.54, 1.807) is 0 Å². The molecule has 0 unspecified atom stereocenters. The molecule has 3 atom stereocenters. The van der Waals surface area contributed by atoms with E-state index in [-0.39, 0.29) is 0 Å². The minimum atomic E-state index is 0.367. The van der Waals surface area contributed by atoms with Crippen molar-refractivity contribution >= 4 is 0 Å². The Morgan fingerprint density at radius 3 is 2.52 bits per heavy atom. The first kappa shape index (κ1) is 18.5. The van der Waals surface area contributed by atoms with Gasteiger partial charge in [-0.3, -0.25) is 9.80 Å². The molecule has 158 valence electrons. The highest BCUT2D eigenvalue weighted by Crippen LogP contribution is 2.49. The molecule has 0 radical (unpaired) electrons. The maximum Gasteiger partial charge on any atom is 0.231 e. The van der Waals surface area contributed by atoms with Crippen LogP contribution >= 0.6 is 0 Å². The zero-order chi connectivity index (χ0) is 19.4. The average molecular weight is 398 g/mol. The number of hydrogen-bond donors (Lipinski definition) is 0. The van der Waals surface area contributed by atoms with E-state index in [9.17, 15) is 0 Å². The third kappa shape index (κ3) is 3.08. The lowest BCUT2D eigenvalue weighted by molar-refractivity contribution is -0.0271. The van der Waals surface area contributed by atoms with Crippen molar-refractivity contribution < 1.29 is 9.47 Å². The molecule has 0 saturated carbocycles. The van der Waals surface area contributed by atoms with Gasteiger partial charge in [-0.2, -0.15) is 0 Å². The summed E-state index contributed by atoms with van der Waals surface area (Å²) < 4.78 is 11.3. The molecule has 0 spiro atoms. The van der Waals surface area contributed by atoms with Crippen LogP contribution in [0.4, 0.5) is 0 Å². The van der Waals surface area contributed by atoms with E-state index in [0.29, 0.717) is 18.8 Å². The first-order valence-corrected chi connectivity index (χ1v) is 11.9. The van der Waals surface area contributed by atoms with Crippen LogP contribution in [0.25, 0.3) is 0 Å². The lowest BCUT2D eigenvalue weighted by atomic mass is 9.75. The topological polar surface area (TPSA) is 28.2 Å². The van der Waals surface area contributed by atoms with E-state index in [0.717, 1.165) is 29.5 Å². The lowest BCUT2D eigenvalue weighted by Crippen LogP contribution is -2.61. The predicted molar refractivity (Wildman–Crippen MR) is 114 cm³/mol. The van der Waals surface area contributed by atoms with Crippen molar-refractivity contribution in [2.45, 2.75) is 63.1 Å². The Hall–Kier alpha value is -1.30. The molecule has 6 aliphatic rings. The number of nitrogens with zero attached hydrogens (tertiary/aromatic N) is 3. The zero-order valence-corrected chi connectivity index (χ0v) is 17.8. The second-order valence-corrected chi connectivity index (χ2v) is 9.84. The smallest absolute Gasteiger partial charge is 0.231 e. The minimum absolute atomic E-state index is 0.367. The van der Waals surface area contributed by atoms with Gasteiger partial charge in [-0.15, -0.1) is 0 Å². The molecule has 0 amide bonds. The first-order chi connectivity index (χ1) is 14.3. The summed E-state index contributed by atoms with van der Waals surface area (Å²) in [5.74, 6) is 3.36. The number of hydrogen-bond acceptors (Lipinski definition) is 5. The third-order valence-corrected chi connectivity index (χ3v) is 8.42. The van der Waals surface area contributed by atoms with Gasteiger partial charge in [0.2, 0.25) is 6.79 Å². The molecule has 5 nitrogen and oxygen atoms in total. The van der Waals surface area contributed by atoms with E-state index >= 15 is 0 Å². The van der Waals surface area contributed by atoms with Crippen molar-refractivity contribution in [3.05, 3.63) is 23.8 Å². The highest BCUT2D eigenvalue weighted by molar-refractivity contribution is 5.46. The number of benzene rings is 1. The van der Waals surface area contributed by atoms with Gasteiger partial charge in [0, 0.05) is 30.6 Å². The number of fused-ring (bicyclic) bond motifs is 3. The van der Waals surface area contributed by atoms with Gasteiger partial charge >= 0.3 is 0 Å². The number of ether oxygens (including phenoxy) is 2. The molecule has 5 heteroatoms. The standard InChI is InChI=1S/C24H35N3O2/c1-2-9-25-10-7-19(8-11-25)27-15-20(18-3-4-21-22(14-18)29-16-28-21)24-23(27)17-5-12-26(24)13-6-17/h3-4,14,17,19-20,23-24H,2,5-13,15-16H2,1H3/t20-,23+,24+/m0/s1. The normalized spacial score (nSPS) is 37.2. The molecular weight excluding hydrogens is 362 g/mol. The number of likely N-dealkylation sites (tertiary alicyclic amines) is 2. The van der Waals surface area contributed by atoms with E-state index < -0.39 is 0 Å². The second kappa shape index (κ2) is 7.44. The maximum absolute atomic E-state index is 5.72. The van der Waals surface area contributed by atoms with Crippen LogP contribution < -0.4 is 9.47 Å². The first-order valence-electron chi connectivity index (χ1n) is 11.9. The third-order valence-electron chi connectivity index (χ3n) is 8.42. The Labute approximate surface area is 174 Å². The van der Waals surface area contributed by atoms with Crippen LogP contribution in [0.3, 0.4) is 0 Å². The quantitative estimate of drug-likeness (QED) is 0.778. The van der Waals surface area contributed by atoms with Crippen molar-refractivity contribution in [1.29, 1.82) is 0 Å². The molecule has 0 N–H and O–H groups in total. The summed E-state index contributed by atoms with van der Waals surface area (Å²) in [5, 5.41) is 0. The lowest BCUT2D eigenvalue weighted by Gasteiger charge is -2.53. The van der Waals surface area contributed by atoms with Crippen LogP contribution in [-0.2, 0) is 0 Å². The summed E-state index contributed by atoms with van der Waals surface area (Å²) in [5.41, 5.74) is 1.46. The van der Waals surface area contributed by atoms with Crippen LogP contribution in [0.2, 0.25) is 0 Å². The van der Waals surface area contributed by atoms with E-state index in [2.05, 4.69) is 39.8 Å². The number of piperidine rings is 4. The second-order valence-electron chi connectivity index (χ2n) is 9.84. The Kier molecular flexibility index (Phi) is 4.74. The monoisotopic (exact) mass is 397 g/mol. The van der Waals surface area contributed by atoms with E-state index in [1.165, 1.54) is 76.9 Å². The van der Waals surface area contributed by atoms with Crippen LogP contribution in [-0.4, -0.2) is 78.9 Å². The van der Waals surface area contributed by atoms with Gasteiger partial charge in [-0.05, 0) is 88.4 Å². The zero-order valence-electron chi connectivity index (χ0n) is 17.8. The fourth-order valence-corrected chi connectivity index (χ4v) is 7.10. The summed E-state index contributed by atoms with van der Waals surface area (Å²) in [4.78, 5) is 8.47. The van der Waals surface area contributed by atoms with Crippen LogP contribution in [0.15, 0.2) is 18.2 Å². The molecule has 7 rings (SSSR count). The SMILES string of the molecule is CCCN1CCC(N2C[C@@H](c3ccc4c(c3)OCO4)[C@@H]3[C@H]2C2CCN3CC2)CC1. The average Bonchev–Trinajstić information content (AvgIpc) is 3.41. The van der Waals surface area contributed by atoms with Crippen molar-refractivity contribution in [2.24, 2.45) is 5.92 Å². The minimum Gasteiger partial charge on any atom is -0.454 e. The van der Waals surface area contributed by atoms with Gasteiger partial charge in [0.25, 0.3) is 0 Å². The van der Waals surface area contributed by atoms with Crippen molar-refractivity contribution in [3.63, 3.8) is 0 Å². The van der Waals surface area contributed by atoms with Gasteiger partial charge in [-0.1, -0.05) is 13.0 Å². The van der Waals surface area contributed by atoms with Crippen molar-refractivity contribution in [1.82, 2.24) is 14.7 Å². The fourth-order valence-electron chi connectivity index (χ4n) is 7.10. The molecule has 0 aromatic heterocycles. The van der Waals surface area contributed by atoms with Crippen LogP contribution in [0.5, 0.6) is 11.5 Å². The highest BCUT2D eigenvalue weighted by Gasteiger charge is 2.54. The molecule has 6 aliphatic heterocycles. The largest absolute Gasteiger partial charge is 0.454 e. The van der Waals surface area contributed by atoms with Gasteiger partial charge < -0.3 is 14.4 Å². The molecule has 2 bridgehead atoms. The van der Waals surface area contributed by atoms with Crippen molar-refractivity contribution in [2.75, 3.05) is 46.1 Å². The van der Waals surface area contributed by atoms with Crippen LogP contribution in [0.1, 0.15) is 50.5 Å². The van der Waals surface area contributed by atoms with Gasteiger partial charge in [0.1, 0.15) is 0 Å². The maximum atomic E-state index is 5.72. The molecule has 6 heterocycles. The molecule has 1 aromatic carbocycles. The summed E-state index contributed by atoms with van der Waals surface area (Å²) in [6, 6.07) is 8.95. The van der Waals surface area contributed by atoms with Gasteiger partial charge in [0.15, 0.2) is 11.5 Å². The molecule has 0 aliphatic carbocycles. The number of rotatable bonds is 4. The highest BCUT2D eigenvalue weighted by atomic mass is 16.7. The molecular formula is C24H35N3O2. The Balaban J connectivity index is 1.27. The summed E-state index contributed by atoms with van der Waals surface area (Å²) in [6.45, 7) is 10.3. The van der Waals surface area contributed by atoms with Gasteiger partial charge in [0.05, 0.1) is 0 Å². The van der Waals surface area contributed by atoms with Crippen molar-refractivity contribution in [3.8, 4) is 11.5 Å².